The zero-order chi connectivity index (χ0) is 24.0. The molecule has 1 saturated heterocycles. The van der Waals surface area contributed by atoms with Crippen molar-refractivity contribution in [1.29, 1.82) is 0 Å². The molecule has 5 rings (SSSR count). The highest BCUT2D eigenvalue weighted by atomic mass is 16.1. The molecule has 1 N–H and O–H groups in total. The van der Waals surface area contributed by atoms with Crippen molar-refractivity contribution in [2.75, 3.05) is 39.3 Å². The van der Waals surface area contributed by atoms with Crippen LogP contribution in [0, 0.1) is 6.92 Å². The second kappa shape index (κ2) is 10.8. The monoisotopic (exact) mass is 469 g/mol. The molecule has 1 fully saturated rings. The second-order valence-electron chi connectivity index (χ2n) is 9.01. The summed E-state index contributed by atoms with van der Waals surface area (Å²) in [6.07, 6.45) is 2.65. The fraction of sp³-hybridized carbons (Fsp3) is 0.333. The Labute approximate surface area is 205 Å². The van der Waals surface area contributed by atoms with Gasteiger partial charge in [0.15, 0.2) is 5.65 Å². The van der Waals surface area contributed by atoms with Gasteiger partial charge in [0.1, 0.15) is 5.52 Å². The summed E-state index contributed by atoms with van der Waals surface area (Å²) in [4.78, 5) is 22.3. The Kier molecular flexibility index (Phi) is 7.11. The first-order valence-electron chi connectivity index (χ1n) is 12.2. The molecule has 35 heavy (non-hydrogen) atoms. The minimum Gasteiger partial charge on any atom is -0.352 e. The number of rotatable bonds is 8. The van der Waals surface area contributed by atoms with E-state index < -0.39 is 0 Å². The van der Waals surface area contributed by atoms with E-state index in [1.807, 2.05) is 37.3 Å². The van der Waals surface area contributed by atoms with Crippen LogP contribution < -0.4 is 5.32 Å². The van der Waals surface area contributed by atoms with Gasteiger partial charge in [-0.15, -0.1) is 5.10 Å². The van der Waals surface area contributed by atoms with Crippen LogP contribution >= 0.6 is 0 Å². The van der Waals surface area contributed by atoms with E-state index in [9.17, 15) is 4.79 Å². The first kappa shape index (κ1) is 23.1. The van der Waals surface area contributed by atoms with Crippen LogP contribution in [0.4, 0.5) is 0 Å². The molecule has 0 aliphatic carbocycles. The van der Waals surface area contributed by atoms with E-state index in [0.717, 1.165) is 62.5 Å². The maximum Gasteiger partial charge on any atom is 0.251 e. The van der Waals surface area contributed by atoms with Crippen molar-refractivity contribution < 1.29 is 4.79 Å². The average Bonchev–Trinajstić information content (AvgIpc) is 3.32. The number of amides is 1. The predicted octanol–water partition coefficient (Wildman–Crippen LogP) is 3.06. The van der Waals surface area contributed by atoms with E-state index >= 15 is 0 Å². The molecule has 1 amide bonds. The summed E-state index contributed by atoms with van der Waals surface area (Å²) in [7, 11) is 0. The van der Waals surface area contributed by atoms with Gasteiger partial charge in [0, 0.05) is 51.0 Å². The van der Waals surface area contributed by atoms with Crippen molar-refractivity contribution in [2.24, 2.45) is 0 Å². The lowest BCUT2D eigenvalue weighted by molar-refractivity contribution is 0.0946. The van der Waals surface area contributed by atoms with Gasteiger partial charge in [-0.25, -0.2) is 4.98 Å². The SMILES string of the molecule is Cc1c(C(=O)NCCCN2CCN(Cc3ccccc3)CC2)cccc1-n1nnc2cccnc21. The molecule has 2 aromatic heterocycles. The Hall–Kier alpha value is -3.62. The quantitative estimate of drug-likeness (QED) is 0.400. The smallest absolute Gasteiger partial charge is 0.251 e. The van der Waals surface area contributed by atoms with Crippen LogP contribution in [0.5, 0.6) is 0 Å². The van der Waals surface area contributed by atoms with E-state index in [1.165, 1.54) is 5.56 Å². The number of carbonyl (C=O) groups excluding carboxylic acids is 1. The Bertz CT molecular complexity index is 1280. The minimum atomic E-state index is -0.0607. The van der Waals surface area contributed by atoms with Gasteiger partial charge in [0.25, 0.3) is 5.91 Å². The average molecular weight is 470 g/mol. The van der Waals surface area contributed by atoms with Crippen LogP contribution in [0.15, 0.2) is 66.9 Å². The number of carbonyl (C=O) groups is 1. The highest BCUT2D eigenvalue weighted by Gasteiger charge is 2.18. The Morgan fingerprint density at radius 3 is 2.57 bits per heavy atom. The molecule has 4 aromatic rings. The third kappa shape index (κ3) is 5.39. The van der Waals surface area contributed by atoms with Gasteiger partial charge < -0.3 is 10.2 Å². The molecule has 0 spiro atoms. The summed E-state index contributed by atoms with van der Waals surface area (Å²) in [6.45, 7) is 8.91. The second-order valence-corrected chi connectivity index (χ2v) is 9.01. The van der Waals surface area contributed by atoms with Crippen LogP contribution in [-0.4, -0.2) is 75.0 Å². The molecule has 0 saturated carbocycles. The van der Waals surface area contributed by atoms with Gasteiger partial charge in [-0.3, -0.25) is 9.69 Å². The molecular weight excluding hydrogens is 438 g/mol. The fourth-order valence-corrected chi connectivity index (χ4v) is 4.64. The lowest BCUT2D eigenvalue weighted by atomic mass is 10.1. The first-order chi connectivity index (χ1) is 17.2. The largest absolute Gasteiger partial charge is 0.352 e. The first-order valence-corrected chi connectivity index (χ1v) is 12.2. The topological polar surface area (TPSA) is 79.2 Å². The van der Waals surface area contributed by atoms with Crippen molar-refractivity contribution in [3.8, 4) is 5.69 Å². The molecule has 2 aromatic carbocycles. The predicted molar refractivity (Wildman–Crippen MR) is 137 cm³/mol. The van der Waals surface area contributed by atoms with E-state index in [-0.39, 0.29) is 5.91 Å². The fourth-order valence-electron chi connectivity index (χ4n) is 4.64. The molecule has 180 valence electrons. The molecule has 1 aliphatic heterocycles. The number of pyridine rings is 1. The van der Waals surface area contributed by atoms with Gasteiger partial charge in [-0.1, -0.05) is 41.6 Å². The number of aromatic nitrogens is 4. The third-order valence-electron chi connectivity index (χ3n) is 6.64. The van der Waals surface area contributed by atoms with Gasteiger partial charge in [-0.2, -0.15) is 4.68 Å². The summed E-state index contributed by atoms with van der Waals surface area (Å²) in [5.41, 5.74) is 5.09. The standard InChI is InChI=1S/C27H31N7O/c1-21-23(10-5-12-25(21)34-26-24(30-31-34)11-6-13-28-26)27(35)29-14-7-15-32-16-18-33(19-17-32)20-22-8-3-2-4-9-22/h2-6,8-13H,7,14-20H2,1H3,(H,29,35). The zero-order valence-corrected chi connectivity index (χ0v) is 20.1. The van der Waals surface area contributed by atoms with Crippen molar-refractivity contribution in [3.05, 3.63) is 83.6 Å². The number of nitrogens with zero attached hydrogens (tertiary/aromatic N) is 6. The number of hydrogen-bond acceptors (Lipinski definition) is 6. The number of piperazine rings is 1. The molecule has 0 radical (unpaired) electrons. The van der Waals surface area contributed by atoms with E-state index in [4.69, 9.17) is 0 Å². The minimum absolute atomic E-state index is 0.0607. The van der Waals surface area contributed by atoms with E-state index in [2.05, 4.69) is 60.7 Å². The van der Waals surface area contributed by atoms with Crippen LogP contribution in [0.1, 0.15) is 27.9 Å². The van der Waals surface area contributed by atoms with Crippen molar-refractivity contribution in [2.45, 2.75) is 19.9 Å². The molecule has 8 nitrogen and oxygen atoms in total. The molecule has 8 heteroatoms. The number of nitrogens with one attached hydrogen (secondary N) is 1. The number of benzene rings is 2. The highest BCUT2D eigenvalue weighted by molar-refractivity contribution is 5.96. The Morgan fingerprint density at radius 1 is 0.943 bits per heavy atom. The maximum absolute atomic E-state index is 12.9. The highest BCUT2D eigenvalue weighted by Crippen LogP contribution is 2.20. The lowest BCUT2D eigenvalue weighted by Gasteiger charge is -2.34. The van der Waals surface area contributed by atoms with E-state index in [1.54, 1.807) is 10.9 Å². The van der Waals surface area contributed by atoms with Gasteiger partial charge >= 0.3 is 0 Å². The van der Waals surface area contributed by atoms with Crippen LogP contribution in [0.25, 0.3) is 16.9 Å². The van der Waals surface area contributed by atoms with Crippen LogP contribution in [0.2, 0.25) is 0 Å². The summed E-state index contributed by atoms with van der Waals surface area (Å²) in [6, 6.07) is 20.0. The van der Waals surface area contributed by atoms with Crippen molar-refractivity contribution >= 4 is 17.1 Å². The van der Waals surface area contributed by atoms with Gasteiger partial charge in [-0.05, 0) is 55.3 Å². The molecule has 0 unspecified atom stereocenters. The van der Waals surface area contributed by atoms with Crippen LogP contribution in [-0.2, 0) is 6.54 Å². The lowest BCUT2D eigenvalue weighted by Crippen LogP contribution is -2.46. The van der Waals surface area contributed by atoms with Crippen LogP contribution in [0.3, 0.4) is 0 Å². The Morgan fingerprint density at radius 2 is 1.74 bits per heavy atom. The molecule has 3 heterocycles. The number of fused-ring (bicyclic) bond motifs is 1. The molecular formula is C27H31N7O. The maximum atomic E-state index is 12.9. The van der Waals surface area contributed by atoms with Crippen molar-refractivity contribution in [1.82, 2.24) is 35.1 Å². The van der Waals surface area contributed by atoms with Gasteiger partial charge in [0.05, 0.1) is 5.69 Å². The Balaban J connectivity index is 1.10. The summed E-state index contributed by atoms with van der Waals surface area (Å²) < 4.78 is 1.69. The van der Waals surface area contributed by atoms with Gasteiger partial charge in [0.2, 0.25) is 0 Å². The summed E-state index contributed by atoms with van der Waals surface area (Å²) in [5, 5.41) is 11.5. The summed E-state index contributed by atoms with van der Waals surface area (Å²) >= 11 is 0. The molecule has 0 bridgehead atoms. The summed E-state index contributed by atoms with van der Waals surface area (Å²) in [5.74, 6) is -0.0607. The molecule has 0 atom stereocenters. The number of hydrogen-bond donors (Lipinski definition) is 1. The third-order valence-corrected chi connectivity index (χ3v) is 6.64. The van der Waals surface area contributed by atoms with E-state index in [0.29, 0.717) is 17.8 Å². The van der Waals surface area contributed by atoms with Crippen molar-refractivity contribution in [3.63, 3.8) is 0 Å². The zero-order valence-electron chi connectivity index (χ0n) is 20.1. The normalized spacial score (nSPS) is 14.9. The molecule has 1 aliphatic rings.